The highest BCUT2D eigenvalue weighted by Crippen LogP contribution is 2.17. The number of methoxy groups -OCH3 is 1. The van der Waals surface area contributed by atoms with E-state index in [0.717, 1.165) is 13.2 Å². The third-order valence-corrected chi connectivity index (χ3v) is 3.69. The predicted molar refractivity (Wildman–Crippen MR) is 68.5 cm³/mol. The van der Waals surface area contributed by atoms with Crippen molar-refractivity contribution in [3.8, 4) is 0 Å². The second kappa shape index (κ2) is 8.04. The Bertz CT molecular complexity index is 167. The molecule has 0 radical (unpaired) electrons. The molecule has 96 valence electrons. The van der Waals surface area contributed by atoms with Crippen molar-refractivity contribution < 1.29 is 4.74 Å². The Labute approximate surface area is 100 Å². The van der Waals surface area contributed by atoms with Crippen molar-refractivity contribution in [1.29, 1.82) is 0 Å². The zero-order valence-corrected chi connectivity index (χ0v) is 11.0. The third-order valence-electron chi connectivity index (χ3n) is 3.69. The number of likely N-dealkylation sites (tertiary alicyclic amines) is 1. The Morgan fingerprint density at radius 3 is 2.19 bits per heavy atom. The van der Waals surface area contributed by atoms with Crippen molar-refractivity contribution >= 4 is 0 Å². The van der Waals surface area contributed by atoms with Crippen LogP contribution in [0.3, 0.4) is 0 Å². The second-order valence-electron chi connectivity index (χ2n) is 5.04. The number of nitrogens with two attached hydrogens (primary N) is 1. The highest BCUT2D eigenvalue weighted by molar-refractivity contribution is 4.78. The van der Waals surface area contributed by atoms with E-state index in [9.17, 15) is 0 Å². The maximum Gasteiger partial charge on any atom is 0.0503 e. The molecule has 2 unspecified atom stereocenters. The summed E-state index contributed by atoms with van der Waals surface area (Å²) in [7, 11) is 1.78. The van der Waals surface area contributed by atoms with Crippen LogP contribution in [0.25, 0.3) is 0 Å². The third kappa shape index (κ3) is 4.40. The van der Waals surface area contributed by atoms with Crippen LogP contribution < -0.4 is 5.73 Å². The first-order valence-electron chi connectivity index (χ1n) is 6.72. The summed E-state index contributed by atoms with van der Waals surface area (Å²) in [6.07, 6.45) is 6.83. The van der Waals surface area contributed by atoms with E-state index < -0.39 is 0 Å². The fraction of sp³-hybridized carbons (Fsp3) is 1.00. The Hall–Kier alpha value is -0.120. The number of hydrogen-bond acceptors (Lipinski definition) is 3. The summed E-state index contributed by atoms with van der Waals surface area (Å²) < 4.78 is 5.25. The summed E-state index contributed by atoms with van der Waals surface area (Å²) >= 11 is 0. The summed E-state index contributed by atoms with van der Waals surface area (Å²) in [5.41, 5.74) is 5.93. The molecular weight excluding hydrogens is 200 g/mol. The zero-order chi connectivity index (χ0) is 11.8. The van der Waals surface area contributed by atoms with Crippen LogP contribution in [0.2, 0.25) is 0 Å². The molecule has 1 heterocycles. The summed E-state index contributed by atoms with van der Waals surface area (Å²) in [6, 6.07) is 0.498. The lowest BCUT2D eigenvalue weighted by Crippen LogP contribution is -2.47. The van der Waals surface area contributed by atoms with Gasteiger partial charge in [0.15, 0.2) is 0 Å². The van der Waals surface area contributed by atoms with Crippen molar-refractivity contribution in [2.45, 2.75) is 45.1 Å². The summed E-state index contributed by atoms with van der Waals surface area (Å²) in [6.45, 7) is 6.26. The van der Waals surface area contributed by atoms with Gasteiger partial charge >= 0.3 is 0 Å². The molecule has 2 atom stereocenters. The number of rotatable bonds is 5. The lowest BCUT2D eigenvalue weighted by atomic mass is 9.98. The van der Waals surface area contributed by atoms with E-state index in [-0.39, 0.29) is 0 Å². The molecule has 16 heavy (non-hydrogen) atoms. The van der Waals surface area contributed by atoms with Gasteiger partial charge in [0.1, 0.15) is 0 Å². The molecule has 0 amide bonds. The minimum absolute atomic E-state index is 0.498. The van der Waals surface area contributed by atoms with Gasteiger partial charge in [-0.25, -0.2) is 0 Å². The molecule has 1 aliphatic heterocycles. The largest absolute Gasteiger partial charge is 0.384 e. The molecule has 3 heteroatoms. The van der Waals surface area contributed by atoms with Crippen molar-refractivity contribution in [3.63, 3.8) is 0 Å². The first-order valence-corrected chi connectivity index (χ1v) is 6.72. The van der Waals surface area contributed by atoms with Crippen LogP contribution in [0.15, 0.2) is 0 Å². The quantitative estimate of drug-likeness (QED) is 0.780. The van der Waals surface area contributed by atoms with Gasteiger partial charge in [-0.2, -0.15) is 0 Å². The van der Waals surface area contributed by atoms with Crippen molar-refractivity contribution in [1.82, 2.24) is 4.90 Å². The van der Waals surface area contributed by atoms with Gasteiger partial charge in [0.05, 0.1) is 6.61 Å². The van der Waals surface area contributed by atoms with E-state index in [1.165, 1.54) is 45.2 Å². The normalized spacial score (nSPS) is 23.4. The van der Waals surface area contributed by atoms with Gasteiger partial charge in [0.2, 0.25) is 0 Å². The number of hydrogen-bond donors (Lipinski definition) is 1. The van der Waals surface area contributed by atoms with Crippen LogP contribution in [0.1, 0.15) is 39.0 Å². The molecule has 2 N–H and O–H groups in total. The molecule has 0 aromatic heterocycles. The maximum absolute atomic E-state index is 5.93. The Morgan fingerprint density at radius 1 is 1.12 bits per heavy atom. The fourth-order valence-electron chi connectivity index (χ4n) is 2.72. The second-order valence-corrected chi connectivity index (χ2v) is 5.04. The molecule has 1 aliphatic rings. The topological polar surface area (TPSA) is 38.5 Å². The SMILES string of the molecule is COCC(C)C(CN)N1CCCCCCC1. The maximum atomic E-state index is 5.93. The Kier molecular flexibility index (Phi) is 7.01. The lowest BCUT2D eigenvalue weighted by molar-refractivity contribution is 0.0800. The summed E-state index contributed by atoms with van der Waals surface area (Å²) in [5, 5.41) is 0. The monoisotopic (exact) mass is 228 g/mol. The first kappa shape index (κ1) is 13.9. The zero-order valence-electron chi connectivity index (χ0n) is 11.0. The molecule has 0 bridgehead atoms. The highest BCUT2D eigenvalue weighted by Gasteiger charge is 2.23. The van der Waals surface area contributed by atoms with Crippen LogP contribution in [-0.2, 0) is 4.74 Å². The minimum Gasteiger partial charge on any atom is -0.384 e. The first-order chi connectivity index (χ1) is 7.79. The van der Waals surface area contributed by atoms with Crippen molar-refractivity contribution in [2.24, 2.45) is 11.7 Å². The van der Waals surface area contributed by atoms with Gasteiger partial charge in [-0.1, -0.05) is 26.2 Å². The molecule has 1 fully saturated rings. The molecule has 0 aromatic rings. The van der Waals surface area contributed by atoms with Crippen molar-refractivity contribution in [2.75, 3.05) is 33.4 Å². The molecule has 1 rings (SSSR count). The van der Waals surface area contributed by atoms with Gasteiger partial charge in [0.25, 0.3) is 0 Å². The van der Waals surface area contributed by atoms with E-state index >= 15 is 0 Å². The number of nitrogens with zero attached hydrogens (tertiary/aromatic N) is 1. The molecule has 3 nitrogen and oxygen atoms in total. The number of ether oxygens (including phenoxy) is 1. The van der Waals surface area contributed by atoms with Crippen LogP contribution in [0.5, 0.6) is 0 Å². The molecule has 0 spiro atoms. The van der Waals surface area contributed by atoms with Crippen molar-refractivity contribution in [3.05, 3.63) is 0 Å². The molecule has 0 aromatic carbocycles. The van der Waals surface area contributed by atoms with Gasteiger partial charge in [0, 0.05) is 19.7 Å². The molecule has 0 aliphatic carbocycles. The van der Waals surface area contributed by atoms with Crippen LogP contribution in [-0.4, -0.2) is 44.3 Å². The van der Waals surface area contributed by atoms with Crippen LogP contribution >= 0.6 is 0 Å². The average molecular weight is 228 g/mol. The standard InChI is InChI=1S/C13H28N2O/c1-12(11-16-2)13(10-14)15-8-6-4-3-5-7-9-15/h12-13H,3-11,14H2,1-2H3. The van der Waals surface area contributed by atoms with Gasteiger partial charge in [-0.15, -0.1) is 0 Å². The average Bonchev–Trinajstić information content (AvgIpc) is 2.22. The molecular formula is C13H28N2O. The van der Waals surface area contributed by atoms with E-state index in [2.05, 4.69) is 11.8 Å². The molecule has 0 saturated carbocycles. The van der Waals surface area contributed by atoms with E-state index in [1.807, 2.05) is 0 Å². The van der Waals surface area contributed by atoms with E-state index in [4.69, 9.17) is 10.5 Å². The van der Waals surface area contributed by atoms with E-state index in [1.54, 1.807) is 7.11 Å². The summed E-state index contributed by atoms with van der Waals surface area (Å²) in [5.74, 6) is 0.537. The smallest absolute Gasteiger partial charge is 0.0503 e. The van der Waals surface area contributed by atoms with Crippen LogP contribution in [0.4, 0.5) is 0 Å². The van der Waals surface area contributed by atoms with Gasteiger partial charge in [-0.3, -0.25) is 4.90 Å². The van der Waals surface area contributed by atoms with E-state index in [0.29, 0.717) is 12.0 Å². The lowest BCUT2D eigenvalue weighted by Gasteiger charge is -2.35. The summed E-state index contributed by atoms with van der Waals surface area (Å²) in [4.78, 5) is 2.59. The minimum atomic E-state index is 0.498. The molecule has 1 saturated heterocycles. The van der Waals surface area contributed by atoms with Gasteiger partial charge < -0.3 is 10.5 Å². The Balaban J connectivity index is 2.47. The highest BCUT2D eigenvalue weighted by atomic mass is 16.5. The predicted octanol–water partition coefficient (Wildman–Crippen LogP) is 1.86. The fourth-order valence-corrected chi connectivity index (χ4v) is 2.72. The van der Waals surface area contributed by atoms with Crippen LogP contribution in [0, 0.1) is 5.92 Å². The Morgan fingerprint density at radius 2 is 1.69 bits per heavy atom. The van der Waals surface area contributed by atoms with Gasteiger partial charge in [-0.05, 0) is 31.8 Å².